The molecule has 1 aromatic rings. The highest BCUT2D eigenvalue weighted by Crippen LogP contribution is 2.30. The van der Waals surface area contributed by atoms with Gasteiger partial charge in [0.15, 0.2) is 5.96 Å². The third-order valence-electron chi connectivity index (χ3n) is 4.49. The molecule has 0 aliphatic heterocycles. The van der Waals surface area contributed by atoms with Crippen LogP contribution in [-0.4, -0.2) is 26.1 Å². The molecule has 2 N–H and O–H groups in total. The molecule has 1 fully saturated rings. The maximum absolute atomic E-state index is 4.32. The molecule has 0 saturated heterocycles. The zero-order valence-corrected chi connectivity index (χ0v) is 12.4. The SMILES string of the molecule is CN=C(NCC1CC1)NCC1CCCc2ccccc21. The minimum absolute atomic E-state index is 0.624. The van der Waals surface area contributed by atoms with E-state index < -0.39 is 0 Å². The summed E-state index contributed by atoms with van der Waals surface area (Å²) in [5.74, 6) is 2.46. The van der Waals surface area contributed by atoms with E-state index in [-0.39, 0.29) is 0 Å². The molecule has 3 heteroatoms. The summed E-state index contributed by atoms with van der Waals surface area (Å²) in [7, 11) is 1.86. The van der Waals surface area contributed by atoms with Crippen molar-refractivity contribution >= 4 is 5.96 Å². The zero-order chi connectivity index (χ0) is 13.8. The van der Waals surface area contributed by atoms with E-state index in [4.69, 9.17) is 0 Å². The highest BCUT2D eigenvalue weighted by molar-refractivity contribution is 5.79. The van der Waals surface area contributed by atoms with Gasteiger partial charge in [-0.05, 0) is 49.1 Å². The Bertz CT molecular complexity index is 477. The van der Waals surface area contributed by atoms with E-state index in [9.17, 15) is 0 Å². The van der Waals surface area contributed by atoms with Gasteiger partial charge in [-0.1, -0.05) is 24.3 Å². The van der Waals surface area contributed by atoms with Crippen molar-refractivity contribution < 1.29 is 0 Å². The fourth-order valence-electron chi connectivity index (χ4n) is 3.07. The van der Waals surface area contributed by atoms with Gasteiger partial charge in [-0.25, -0.2) is 0 Å². The third-order valence-corrected chi connectivity index (χ3v) is 4.49. The van der Waals surface area contributed by atoms with Crippen LogP contribution in [0.25, 0.3) is 0 Å². The average Bonchev–Trinajstić information content (AvgIpc) is 3.32. The Hall–Kier alpha value is -1.51. The number of hydrogen-bond donors (Lipinski definition) is 2. The summed E-state index contributed by atoms with van der Waals surface area (Å²) in [6.07, 6.45) is 6.57. The number of guanidine groups is 1. The van der Waals surface area contributed by atoms with Crippen LogP contribution in [-0.2, 0) is 6.42 Å². The Morgan fingerprint density at radius 2 is 1.95 bits per heavy atom. The van der Waals surface area contributed by atoms with Gasteiger partial charge in [0.2, 0.25) is 0 Å². The molecule has 0 bridgehead atoms. The van der Waals surface area contributed by atoms with Gasteiger partial charge in [0.25, 0.3) is 0 Å². The largest absolute Gasteiger partial charge is 0.356 e. The van der Waals surface area contributed by atoms with E-state index in [1.807, 2.05) is 7.05 Å². The van der Waals surface area contributed by atoms with Gasteiger partial charge in [-0.15, -0.1) is 0 Å². The van der Waals surface area contributed by atoms with Crippen molar-refractivity contribution in [3.63, 3.8) is 0 Å². The number of nitrogens with one attached hydrogen (secondary N) is 2. The molecule has 1 unspecified atom stereocenters. The summed E-state index contributed by atoms with van der Waals surface area (Å²) in [4.78, 5) is 4.32. The Morgan fingerprint density at radius 3 is 2.75 bits per heavy atom. The van der Waals surface area contributed by atoms with Crippen LogP contribution < -0.4 is 10.6 Å². The van der Waals surface area contributed by atoms with Crippen LogP contribution in [0.4, 0.5) is 0 Å². The average molecular weight is 271 g/mol. The molecular formula is C17H25N3. The van der Waals surface area contributed by atoms with E-state index in [0.29, 0.717) is 5.92 Å². The lowest BCUT2D eigenvalue weighted by Crippen LogP contribution is -2.40. The monoisotopic (exact) mass is 271 g/mol. The lowest BCUT2D eigenvalue weighted by Gasteiger charge is -2.26. The number of hydrogen-bond acceptors (Lipinski definition) is 1. The topological polar surface area (TPSA) is 36.4 Å². The number of fused-ring (bicyclic) bond motifs is 1. The maximum atomic E-state index is 4.32. The van der Waals surface area contributed by atoms with E-state index >= 15 is 0 Å². The minimum Gasteiger partial charge on any atom is -0.356 e. The first-order chi connectivity index (χ1) is 9.86. The predicted octanol–water partition coefficient (Wildman–Crippen LogP) is 2.68. The van der Waals surface area contributed by atoms with Crippen molar-refractivity contribution in [2.24, 2.45) is 10.9 Å². The number of aryl methyl sites for hydroxylation is 1. The standard InChI is InChI=1S/C17H25N3/c1-18-17(19-11-13-9-10-13)20-12-15-7-4-6-14-5-2-3-8-16(14)15/h2-3,5,8,13,15H,4,6-7,9-12H2,1H3,(H2,18,19,20). The van der Waals surface area contributed by atoms with E-state index in [0.717, 1.165) is 25.0 Å². The van der Waals surface area contributed by atoms with Crippen LogP contribution in [0.2, 0.25) is 0 Å². The zero-order valence-electron chi connectivity index (χ0n) is 12.4. The molecule has 0 spiro atoms. The van der Waals surface area contributed by atoms with Crippen LogP contribution in [0.1, 0.15) is 42.7 Å². The number of aliphatic imine (C=N–C) groups is 1. The quantitative estimate of drug-likeness (QED) is 0.652. The first-order valence-corrected chi connectivity index (χ1v) is 7.89. The molecule has 0 radical (unpaired) electrons. The molecule has 1 aromatic carbocycles. The van der Waals surface area contributed by atoms with Crippen LogP contribution in [0.15, 0.2) is 29.3 Å². The molecule has 3 rings (SSSR count). The number of rotatable bonds is 4. The van der Waals surface area contributed by atoms with Gasteiger partial charge in [-0.3, -0.25) is 4.99 Å². The smallest absolute Gasteiger partial charge is 0.191 e. The van der Waals surface area contributed by atoms with Gasteiger partial charge in [0.05, 0.1) is 0 Å². The van der Waals surface area contributed by atoms with Crippen molar-refractivity contribution in [3.8, 4) is 0 Å². The van der Waals surface area contributed by atoms with Crippen LogP contribution in [0, 0.1) is 5.92 Å². The Kier molecular flexibility index (Phi) is 4.24. The molecule has 1 atom stereocenters. The summed E-state index contributed by atoms with van der Waals surface area (Å²) in [6.45, 7) is 2.06. The molecule has 1 saturated carbocycles. The fraction of sp³-hybridized carbons (Fsp3) is 0.588. The maximum Gasteiger partial charge on any atom is 0.191 e. The number of nitrogens with zero attached hydrogens (tertiary/aromatic N) is 1. The molecule has 0 heterocycles. The second-order valence-corrected chi connectivity index (χ2v) is 6.07. The van der Waals surface area contributed by atoms with E-state index in [1.54, 1.807) is 0 Å². The molecule has 2 aliphatic carbocycles. The molecule has 20 heavy (non-hydrogen) atoms. The highest BCUT2D eigenvalue weighted by Gasteiger charge is 2.22. The lowest BCUT2D eigenvalue weighted by molar-refractivity contribution is 0.539. The van der Waals surface area contributed by atoms with Crippen molar-refractivity contribution in [1.29, 1.82) is 0 Å². The first-order valence-electron chi connectivity index (χ1n) is 7.89. The van der Waals surface area contributed by atoms with Gasteiger partial charge in [-0.2, -0.15) is 0 Å². The highest BCUT2D eigenvalue weighted by atomic mass is 15.2. The Morgan fingerprint density at radius 1 is 1.15 bits per heavy atom. The lowest BCUT2D eigenvalue weighted by atomic mass is 9.83. The molecule has 3 nitrogen and oxygen atoms in total. The van der Waals surface area contributed by atoms with Crippen molar-refractivity contribution in [2.75, 3.05) is 20.1 Å². The van der Waals surface area contributed by atoms with Crippen LogP contribution in [0.3, 0.4) is 0 Å². The van der Waals surface area contributed by atoms with Crippen LogP contribution >= 0.6 is 0 Å². The van der Waals surface area contributed by atoms with Crippen molar-refractivity contribution in [3.05, 3.63) is 35.4 Å². The number of benzene rings is 1. The Balaban J connectivity index is 1.55. The molecule has 0 amide bonds. The van der Waals surface area contributed by atoms with E-state index in [2.05, 4.69) is 39.9 Å². The van der Waals surface area contributed by atoms with Gasteiger partial charge in [0, 0.05) is 26.1 Å². The summed E-state index contributed by atoms with van der Waals surface area (Å²) >= 11 is 0. The Labute approximate surface area is 121 Å². The molecular weight excluding hydrogens is 246 g/mol. The summed E-state index contributed by atoms with van der Waals surface area (Å²) in [5, 5.41) is 6.94. The molecule has 108 valence electrons. The molecule has 0 aromatic heterocycles. The summed E-state index contributed by atoms with van der Waals surface area (Å²) in [5.41, 5.74) is 3.07. The predicted molar refractivity (Wildman–Crippen MR) is 84.2 cm³/mol. The van der Waals surface area contributed by atoms with E-state index in [1.165, 1.54) is 43.2 Å². The van der Waals surface area contributed by atoms with Gasteiger partial charge >= 0.3 is 0 Å². The minimum atomic E-state index is 0.624. The fourth-order valence-corrected chi connectivity index (χ4v) is 3.07. The second-order valence-electron chi connectivity index (χ2n) is 6.07. The van der Waals surface area contributed by atoms with Crippen molar-refractivity contribution in [1.82, 2.24) is 10.6 Å². The normalized spacial score (nSPS) is 22.2. The van der Waals surface area contributed by atoms with Gasteiger partial charge in [0.1, 0.15) is 0 Å². The summed E-state index contributed by atoms with van der Waals surface area (Å²) < 4.78 is 0. The first kappa shape index (κ1) is 13.5. The molecule has 2 aliphatic rings. The third kappa shape index (κ3) is 3.33. The second kappa shape index (κ2) is 6.29. The van der Waals surface area contributed by atoms with Crippen molar-refractivity contribution in [2.45, 2.75) is 38.0 Å². The van der Waals surface area contributed by atoms with Gasteiger partial charge < -0.3 is 10.6 Å². The summed E-state index contributed by atoms with van der Waals surface area (Å²) in [6, 6.07) is 8.89. The van der Waals surface area contributed by atoms with Crippen LogP contribution in [0.5, 0.6) is 0 Å².